The van der Waals surface area contributed by atoms with E-state index in [0.717, 1.165) is 36.8 Å². The summed E-state index contributed by atoms with van der Waals surface area (Å²) in [5, 5.41) is 20.8. The Balaban J connectivity index is 0.000000650. The maximum Gasteiger partial charge on any atom is 0.0250 e. The molecule has 3 aromatic carbocycles. The summed E-state index contributed by atoms with van der Waals surface area (Å²) in [4.78, 5) is 0. The van der Waals surface area contributed by atoms with Gasteiger partial charge in [0.15, 0.2) is 0 Å². The summed E-state index contributed by atoms with van der Waals surface area (Å²) in [7, 11) is 3.90. The van der Waals surface area contributed by atoms with Gasteiger partial charge in [-0.1, -0.05) is 87.9 Å². The van der Waals surface area contributed by atoms with Gasteiger partial charge in [-0.2, -0.15) is 0 Å². The Morgan fingerprint density at radius 2 is 0.949 bits per heavy atom. The summed E-state index contributed by atoms with van der Waals surface area (Å²) in [6.45, 7) is 14.9. The van der Waals surface area contributed by atoms with Gasteiger partial charge in [0.1, 0.15) is 0 Å². The Bertz CT molecular complexity index is 1070. The second kappa shape index (κ2) is 18.3. The summed E-state index contributed by atoms with van der Waals surface area (Å²) in [5.41, 5.74) is 11.3. The van der Waals surface area contributed by atoms with E-state index in [1.54, 1.807) is 0 Å². The quantitative estimate of drug-likeness (QED) is 0.207. The molecule has 4 N–H and O–H groups in total. The van der Waals surface area contributed by atoms with Gasteiger partial charge in [-0.3, -0.25) is 0 Å². The lowest BCUT2D eigenvalue weighted by Gasteiger charge is -2.11. The number of nitrogens with one attached hydrogen (secondary N) is 4. The Labute approximate surface area is 238 Å². The molecule has 3 rings (SSSR count). The molecule has 0 aliphatic rings. The van der Waals surface area contributed by atoms with E-state index in [0.29, 0.717) is 12.1 Å². The monoisotopic (exact) mass is 528 g/mol. The molecule has 0 amide bonds. The smallest absolute Gasteiger partial charge is 0.0250 e. The molecule has 0 spiro atoms. The fraction of sp³-hybridized carbons (Fsp3) is 0.429. The van der Waals surface area contributed by atoms with Crippen molar-refractivity contribution in [3.63, 3.8) is 0 Å². The SMILES string of the molecule is CNC(C)C.CNC(C)C.Cc1cc(CCc2ccc(C=N)cc2C)cc(CCc2ccc(C=N)cc2C)c1. The van der Waals surface area contributed by atoms with E-state index >= 15 is 0 Å². The van der Waals surface area contributed by atoms with Crippen molar-refractivity contribution in [2.45, 2.75) is 86.2 Å². The fourth-order valence-electron chi connectivity index (χ4n) is 3.97. The van der Waals surface area contributed by atoms with Gasteiger partial charge in [0.2, 0.25) is 0 Å². The van der Waals surface area contributed by atoms with Crippen LogP contribution < -0.4 is 10.6 Å². The fourth-order valence-corrected chi connectivity index (χ4v) is 3.97. The van der Waals surface area contributed by atoms with E-state index in [1.165, 1.54) is 51.4 Å². The normalized spacial score (nSPS) is 10.4. The molecule has 4 heteroatoms. The number of benzene rings is 3. The van der Waals surface area contributed by atoms with Crippen LogP contribution in [0.3, 0.4) is 0 Å². The summed E-state index contributed by atoms with van der Waals surface area (Å²) < 4.78 is 0. The Morgan fingerprint density at radius 3 is 1.23 bits per heavy atom. The van der Waals surface area contributed by atoms with Gasteiger partial charge in [-0.05, 0) is 105 Å². The van der Waals surface area contributed by atoms with Gasteiger partial charge in [-0.15, -0.1) is 0 Å². The van der Waals surface area contributed by atoms with E-state index in [1.807, 2.05) is 26.2 Å². The van der Waals surface area contributed by atoms with Crippen molar-refractivity contribution in [1.29, 1.82) is 10.8 Å². The lowest BCUT2D eigenvalue weighted by Crippen LogP contribution is -2.15. The minimum Gasteiger partial charge on any atom is -0.318 e. The summed E-state index contributed by atoms with van der Waals surface area (Å²) >= 11 is 0. The summed E-state index contributed by atoms with van der Waals surface area (Å²) in [5.74, 6) is 0. The van der Waals surface area contributed by atoms with Crippen LogP contribution in [0.2, 0.25) is 0 Å². The maximum atomic E-state index is 7.39. The molecular formula is C35H52N4. The molecule has 4 nitrogen and oxygen atoms in total. The first-order chi connectivity index (χ1) is 18.5. The van der Waals surface area contributed by atoms with Crippen molar-refractivity contribution in [2.75, 3.05) is 14.1 Å². The lowest BCUT2D eigenvalue weighted by atomic mass is 9.94. The number of rotatable bonds is 10. The molecule has 0 saturated heterocycles. The molecule has 0 aromatic heterocycles. The largest absolute Gasteiger partial charge is 0.318 e. The summed E-state index contributed by atoms with van der Waals surface area (Å²) in [6.07, 6.45) is 6.93. The predicted octanol–water partition coefficient (Wildman–Crippen LogP) is 7.41. The summed E-state index contributed by atoms with van der Waals surface area (Å²) in [6, 6.07) is 20.8. The Kier molecular flexibility index (Phi) is 15.9. The number of hydrogen-bond acceptors (Lipinski definition) is 4. The van der Waals surface area contributed by atoms with Gasteiger partial charge in [0, 0.05) is 24.5 Å². The van der Waals surface area contributed by atoms with Crippen LogP contribution in [-0.2, 0) is 25.7 Å². The van der Waals surface area contributed by atoms with Crippen LogP contribution in [0.15, 0.2) is 54.6 Å². The number of hydrogen-bond donors (Lipinski definition) is 4. The molecule has 0 radical (unpaired) electrons. The zero-order valence-electron chi connectivity index (χ0n) is 25.8. The van der Waals surface area contributed by atoms with E-state index in [9.17, 15) is 0 Å². The van der Waals surface area contributed by atoms with E-state index in [4.69, 9.17) is 10.8 Å². The molecule has 0 heterocycles. The molecule has 0 fully saturated rings. The molecule has 212 valence electrons. The first-order valence-electron chi connectivity index (χ1n) is 14.2. The maximum absolute atomic E-state index is 7.39. The Morgan fingerprint density at radius 1 is 0.590 bits per heavy atom. The molecule has 0 unspecified atom stereocenters. The second-order valence-electron chi connectivity index (χ2n) is 10.9. The molecule has 0 saturated carbocycles. The highest BCUT2D eigenvalue weighted by Crippen LogP contribution is 2.18. The van der Waals surface area contributed by atoms with Crippen molar-refractivity contribution in [3.05, 3.63) is 105 Å². The molecule has 0 aliphatic heterocycles. The Hall–Kier alpha value is -3.08. The molecule has 0 bridgehead atoms. The zero-order chi connectivity index (χ0) is 29.4. The highest BCUT2D eigenvalue weighted by atomic mass is 14.8. The highest BCUT2D eigenvalue weighted by molar-refractivity contribution is 5.77. The van der Waals surface area contributed by atoms with Crippen molar-refractivity contribution in [3.8, 4) is 0 Å². The van der Waals surface area contributed by atoms with Crippen LogP contribution >= 0.6 is 0 Å². The van der Waals surface area contributed by atoms with Crippen LogP contribution in [0.1, 0.15) is 77.8 Å². The highest BCUT2D eigenvalue weighted by Gasteiger charge is 2.05. The molecule has 0 atom stereocenters. The zero-order valence-corrected chi connectivity index (χ0v) is 25.8. The van der Waals surface area contributed by atoms with E-state index in [2.05, 4.69) is 102 Å². The van der Waals surface area contributed by atoms with Crippen LogP contribution in [0.5, 0.6) is 0 Å². The average Bonchev–Trinajstić information content (AvgIpc) is 2.91. The minimum absolute atomic E-state index is 0.634. The predicted molar refractivity (Wildman–Crippen MR) is 173 cm³/mol. The third kappa shape index (κ3) is 13.5. The van der Waals surface area contributed by atoms with Crippen molar-refractivity contribution < 1.29 is 0 Å². The van der Waals surface area contributed by atoms with Gasteiger partial charge in [0.05, 0.1) is 0 Å². The van der Waals surface area contributed by atoms with Crippen molar-refractivity contribution in [2.24, 2.45) is 0 Å². The van der Waals surface area contributed by atoms with Gasteiger partial charge in [0.25, 0.3) is 0 Å². The third-order valence-electron chi connectivity index (χ3n) is 6.78. The van der Waals surface area contributed by atoms with Crippen LogP contribution in [0.25, 0.3) is 0 Å². The topological polar surface area (TPSA) is 71.8 Å². The van der Waals surface area contributed by atoms with Gasteiger partial charge < -0.3 is 21.5 Å². The molecule has 0 aliphatic carbocycles. The first kappa shape index (κ1) is 33.9. The minimum atomic E-state index is 0.634. The third-order valence-corrected chi connectivity index (χ3v) is 6.78. The van der Waals surface area contributed by atoms with E-state index < -0.39 is 0 Å². The first-order valence-corrected chi connectivity index (χ1v) is 14.2. The number of aryl methyl sites for hydroxylation is 7. The van der Waals surface area contributed by atoms with Crippen molar-refractivity contribution in [1.82, 2.24) is 10.6 Å². The van der Waals surface area contributed by atoms with E-state index in [-0.39, 0.29) is 0 Å². The molecule has 39 heavy (non-hydrogen) atoms. The van der Waals surface area contributed by atoms with Gasteiger partial charge >= 0.3 is 0 Å². The second-order valence-corrected chi connectivity index (χ2v) is 10.9. The van der Waals surface area contributed by atoms with Gasteiger partial charge in [-0.25, -0.2) is 0 Å². The van der Waals surface area contributed by atoms with Crippen LogP contribution in [0.4, 0.5) is 0 Å². The van der Waals surface area contributed by atoms with Crippen LogP contribution in [-0.4, -0.2) is 38.6 Å². The van der Waals surface area contributed by atoms with Crippen molar-refractivity contribution >= 4 is 12.4 Å². The lowest BCUT2D eigenvalue weighted by molar-refractivity contribution is 0.668. The average molecular weight is 529 g/mol. The molecule has 3 aromatic rings. The van der Waals surface area contributed by atoms with Crippen LogP contribution in [0, 0.1) is 31.6 Å². The standard InChI is InChI=1S/C27H30N2.2C4H11N/c1-19-12-22(4-8-26-10-6-24(17-28)14-20(26)2)16-23(13-19)5-9-27-11-7-25(18-29)15-21(27)3;2*1-4(2)5-3/h6-7,10-18,28-29H,4-5,8-9H2,1-3H3;2*4-5H,1-3H3. The molecular weight excluding hydrogens is 476 g/mol.